The molecule has 0 N–H and O–H groups in total. The van der Waals surface area contributed by atoms with Gasteiger partial charge in [-0.15, -0.1) is 0 Å². The lowest BCUT2D eigenvalue weighted by Crippen LogP contribution is -2.37. The lowest BCUT2D eigenvalue weighted by atomic mass is 9.70. The molecule has 0 amide bonds. The van der Waals surface area contributed by atoms with Crippen LogP contribution in [0.4, 0.5) is 34.1 Å². The van der Waals surface area contributed by atoms with Crippen LogP contribution in [0.15, 0.2) is 218 Å². The van der Waals surface area contributed by atoms with Gasteiger partial charge in [-0.25, -0.2) is 0 Å². The summed E-state index contributed by atoms with van der Waals surface area (Å²) in [5.74, 6) is 0. The summed E-state index contributed by atoms with van der Waals surface area (Å²) in [6.07, 6.45) is 0. The van der Waals surface area contributed by atoms with Crippen molar-refractivity contribution in [1.29, 1.82) is 0 Å². The quantitative estimate of drug-likeness (QED) is 0.111. The molecule has 0 bridgehead atoms. The summed E-state index contributed by atoms with van der Waals surface area (Å²) < 4.78 is 0. The van der Waals surface area contributed by atoms with E-state index in [1.807, 2.05) is 0 Å². The second-order valence-electron chi connectivity index (χ2n) is 26.6. The van der Waals surface area contributed by atoms with E-state index in [1.165, 1.54) is 98.3 Å². The van der Waals surface area contributed by atoms with Crippen LogP contribution in [-0.4, -0.2) is 16.1 Å². The Morgan fingerprint density at radius 2 is 0.595 bits per heavy atom. The van der Waals surface area contributed by atoms with E-state index in [2.05, 4.69) is 309 Å². The zero-order valence-electron chi connectivity index (χ0n) is 48.2. The molecule has 0 atom stereocenters. The van der Waals surface area contributed by atoms with E-state index < -0.39 is 21.6 Å². The van der Waals surface area contributed by atoms with Crippen molar-refractivity contribution in [3.63, 3.8) is 0 Å². The van der Waals surface area contributed by atoms with Gasteiger partial charge in [-0.1, -0.05) is 225 Å². The topological polar surface area (TPSA) is 6.48 Å². The first-order valence-electron chi connectivity index (χ1n) is 28.5. The van der Waals surface area contributed by atoms with Gasteiger partial charge < -0.3 is 9.80 Å². The maximum absolute atomic E-state index is 2.61. The predicted molar refractivity (Wildman–Crippen MR) is 348 cm³/mol. The van der Waals surface area contributed by atoms with E-state index in [-0.39, 0.29) is 10.8 Å². The fourth-order valence-corrected chi connectivity index (χ4v) is 15.5. The molecule has 0 radical (unpaired) electrons. The summed E-state index contributed by atoms with van der Waals surface area (Å²) in [5.41, 5.74) is 19.3. The molecule has 0 saturated heterocycles. The van der Waals surface area contributed by atoms with E-state index in [1.54, 1.807) is 0 Å². The molecule has 2 nitrogen and oxygen atoms in total. The SMILES string of the molecule is CC(C)(C)c1ccc(N(c2ccc([Si](C)(C)C)cc2)c2ccc3c(c2)C2(c4ccccc4-c4cc5c6ccccc6c6ccccc6c5cc42)c2cc(N(c4ccc(C(C)(C)C)cc4)c4ccc([Si](C)(C)C)cc4)ccc2-3)cc1. The monoisotopic (exact) mass is 1060 g/mol. The summed E-state index contributed by atoms with van der Waals surface area (Å²) in [4.78, 5) is 5.00. The smallest absolute Gasteiger partial charge is 0.0775 e. The fourth-order valence-electron chi connectivity index (χ4n) is 13.2. The van der Waals surface area contributed by atoms with Crippen molar-refractivity contribution < 1.29 is 0 Å². The highest BCUT2D eigenvalue weighted by Crippen LogP contribution is 2.65. The number of anilines is 6. The van der Waals surface area contributed by atoms with E-state index in [0.717, 1.165) is 34.1 Å². The Bertz CT molecular complexity index is 3920. The minimum Gasteiger partial charge on any atom is -0.310 e. The molecule has 0 heterocycles. The average Bonchev–Trinajstić information content (AvgIpc) is 2.30. The van der Waals surface area contributed by atoms with Gasteiger partial charge in [0, 0.05) is 34.1 Å². The molecule has 0 aromatic heterocycles. The average molecular weight is 1060 g/mol. The summed E-state index contributed by atoms with van der Waals surface area (Å²) in [5, 5.41) is 10.6. The summed E-state index contributed by atoms with van der Waals surface area (Å²) in [7, 11) is -3.14. The molecule has 0 saturated carbocycles. The van der Waals surface area contributed by atoms with Crippen LogP contribution in [0, 0.1) is 0 Å². The van der Waals surface area contributed by atoms with Gasteiger partial charge >= 0.3 is 0 Å². The molecule has 4 heteroatoms. The highest BCUT2D eigenvalue weighted by atomic mass is 28.3. The van der Waals surface area contributed by atoms with E-state index in [9.17, 15) is 0 Å². The highest BCUT2D eigenvalue weighted by Gasteiger charge is 2.52. The predicted octanol–water partition coefficient (Wildman–Crippen LogP) is 20.1. The minimum atomic E-state index is -1.57. The molecule has 11 aromatic carbocycles. The number of fused-ring (bicyclic) bond motifs is 16. The standard InChI is InChI=1S/C75H72N2Si2/c1-73(2,3)49-25-29-51(30-26-49)76(53-33-39-57(40-34-53)78(7,8)9)55-37-43-64-65-44-38-56(77(52-31-27-50(28-32-52)74(4,5)6)54-35-41-58(42-36-54)79(10,11)12)46-71(65)75(70(64)45-55)69-24-18-17-23-63(69)68-47-66-61-21-15-13-19-59(61)60-20-14-16-22-62(60)67(66)48-72(68)75/h13-48H,1-12H3. The van der Waals surface area contributed by atoms with Gasteiger partial charge in [0.2, 0.25) is 0 Å². The van der Waals surface area contributed by atoms with Crippen molar-refractivity contribution in [3.8, 4) is 22.3 Å². The zero-order chi connectivity index (χ0) is 55.0. The molecule has 1 spiro atoms. The Morgan fingerprint density at radius 1 is 0.278 bits per heavy atom. The maximum atomic E-state index is 2.61. The molecular formula is C75H72N2Si2. The van der Waals surface area contributed by atoms with Gasteiger partial charge in [0.05, 0.1) is 21.6 Å². The Hall–Kier alpha value is -7.77. The molecule has 11 aromatic rings. The third-order valence-electron chi connectivity index (χ3n) is 17.5. The lowest BCUT2D eigenvalue weighted by molar-refractivity contribution is 0.590. The highest BCUT2D eigenvalue weighted by molar-refractivity contribution is 6.89. The van der Waals surface area contributed by atoms with Crippen LogP contribution in [0.25, 0.3) is 54.6 Å². The lowest BCUT2D eigenvalue weighted by Gasteiger charge is -2.34. The van der Waals surface area contributed by atoms with Gasteiger partial charge in [-0.3, -0.25) is 0 Å². The summed E-state index contributed by atoms with van der Waals surface area (Å²) in [6, 6.07) is 84.9. The fraction of sp³-hybridized carbons (Fsp3) is 0.200. The van der Waals surface area contributed by atoms with Gasteiger partial charge in [0.1, 0.15) is 0 Å². The Balaban J connectivity index is 1.11. The molecule has 0 fully saturated rings. The molecular weight excluding hydrogens is 985 g/mol. The molecule has 2 aliphatic rings. The molecule has 0 unspecified atom stereocenters. The van der Waals surface area contributed by atoms with Crippen LogP contribution < -0.4 is 20.2 Å². The minimum absolute atomic E-state index is 0.0286. The van der Waals surface area contributed by atoms with Crippen molar-refractivity contribution in [3.05, 3.63) is 252 Å². The summed E-state index contributed by atoms with van der Waals surface area (Å²) >= 11 is 0. The number of rotatable bonds is 8. The van der Waals surface area contributed by atoms with Crippen molar-refractivity contribution >= 4 is 93.0 Å². The van der Waals surface area contributed by atoms with Crippen LogP contribution >= 0.6 is 0 Å². The second kappa shape index (κ2) is 18.1. The van der Waals surface area contributed by atoms with Crippen LogP contribution in [-0.2, 0) is 16.2 Å². The maximum Gasteiger partial charge on any atom is 0.0775 e. The van der Waals surface area contributed by atoms with Gasteiger partial charge in [-0.2, -0.15) is 0 Å². The van der Waals surface area contributed by atoms with Crippen LogP contribution in [0.3, 0.4) is 0 Å². The first kappa shape index (κ1) is 50.7. The number of hydrogen-bond donors (Lipinski definition) is 0. The molecule has 13 rings (SSSR count). The molecule has 390 valence electrons. The largest absolute Gasteiger partial charge is 0.310 e. The van der Waals surface area contributed by atoms with E-state index >= 15 is 0 Å². The van der Waals surface area contributed by atoms with Crippen molar-refractivity contribution in [2.24, 2.45) is 0 Å². The number of nitrogens with zero attached hydrogens (tertiary/aromatic N) is 2. The Kier molecular flexibility index (Phi) is 11.6. The normalized spacial score (nSPS) is 13.7. The first-order valence-corrected chi connectivity index (χ1v) is 35.5. The van der Waals surface area contributed by atoms with Crippen LogP contribution in [0.5, 0.6) is 0 Å². The van der Waals surface area contributed by atoms with Gasteiger partial charge in [0.15, 0.2) is 0 Å². The van der Waals surface area contributed by atoms with Crippen molar-refractivity contribution in [2.75, 3.05) is 9.80 Å². The number of benzene rings is 11. The molecule has 2 aliphatic carbocycles. The Labute approximate surface area is 471 Å². The van der Waals surface area contributed by atoms with Crippen LogP contribution in [0.1, 0.15) is 74.9 Å². The van der Waals surface area contributed by atoms with Crippen molar-refractivity contribution in [2.45, 2.75) is 97.1 Å². The Morgan fingerprint density at radius 3 is 0.987 bits per heavy atom. The van der Waals surface area contributed by atoms with Crippen molar-refractivity contribution in [1.82, 2.24) is 0 Å². The molecule has 79 heavy (non-hydrogen) atoms. The van der Waals surface area contributed by atoms with E-state index in [4.69, 9.17) is 0 Å². The van der Waals surface area contributed by atoms with Gasteiger partial charge in [0.25, 0.3) is 0 Å². The third kappa shape index (κ3) is 8.24. The first-order chi connectivity index (χ1) is 37.7. The third-order valence-corrected chi connectivity index (χ3v) is 21.6. The van der Waals surface area contributed by atoms with Gasteiger partial charge in [-0.05, 0) is 184 Å². The van der Waals surface area contributed by atoms with Crippen LogP contribution in [0.2, 0.25) is 39.3 Å². The number of hydrogen-bond acceptors (Lipinski definition) is 2. The molecule has 0 aliphatic heterocycles. The summed E-state index contributed by atoms with van der Waals surface area (Å²) in [6.45, 7) is 28.4. The van der Waals surface area contributed by atoms with E-state index in [0.29, 0.717) is 0 Å². The second-order valence-corrected chi connectivity index (χ2v) is 36.8. The zero-order valence-corrected chi connectivity index (χ0v) is 50.2.